The lowest BCUT2D eigenvalue weighted by atomic mass is 10.00. The van der Waals surface area contributed by atoms with E-state index >= 15 is 0 Å². The molecule has 33 heavy (non-hydrogen) atoms. The summed E-state index contributed by atoms with van der Waals surface area (Å²) in [6, 6.07) is 10.1. The van der Waals surface area contributed by atoms with Gasteiger partial charge in [-0.25, -0.2) is 4.39 Å². The van der Waals surface area contributed by atoms with E-state index in [1.54, 1.807) is 41.3 Å². The first-order valence-electron chi connectivity index (χ1n) is 11.0. The summed E-state index contributed by atoms with van der Waals surface area (Å²) in [6.07, 6.45) is 0. The highest BCUT2D eigenvalue weighted by atomic mass is 19.1. The fourth-order valence-corrected chi connectivity index (χ4v) is 4.49. The second-order valence-electron chi connectivity index (χ2n) is 8.75. The number of carbonyl (C=O) groups is 4. The fraction of sp³-hybridized carbons (Fsp3) is 0.360. The first-order chi connectivity index (χ1) is 15.7. The second-order valence-corrected chi connectivity index (χ2v) is 8.75. The number of nitrogens with zero attached hydrogens (tertiary/aromatic N) is 3. The Balaban J connectivity index is 1.49. The molecule has 2 aromatic rings. The molecule has 0 N–H and O–H groups in total. The number of halogens is 1. The van der Waals surface area contributed by atoms with Gasteiger partial charge in [-0.1, -0.05) is 26.0 Å². The molecular formula is C25H26FN3O4. The van der Waals surface area contributed by atoms with E-state index in [4.69, 9.17) is 0 Å². The Bertz CT molecular complexity index is 1100. The molecule has 1 unspecified atom stereocenters. The topological polar surface area (TPSA) is 78.0 Å². The standard InChI is InChI=1S/C25H26FN3O4/c1-15(2)22(29-23(31)18-6-4-5-7-19(18)24(29)32)25(33)28-12-10-27(11-13-28)21-9-8-17(16(3)30)14-20(21)26/h4-9,14-15,22H,10-13H2,1-3H3. The van der Waals surface area contributed by atoms with Gasteiger partial charge in [-0.15, -0.1) is 0 Å². The first kappa shape index (κ1) is 22.6. The van der Waals surface area contributed by atoms with E-state index in [0.717, 1.165) is 4.90 Å². The van der Waals surface area contributed by atoms with Crippen molar-refractivity contribution in [3.05, 3.63) is 65.0 Å². The lowest BCUT2D eigenvalue weighted by Crippen LogP contribution is -2.57. The molecule has 0 radical (unpaired) electrons. The highest BCUT2D eigenvalue weighted by Crippen LogP contribution is 2.29. The number of hydrogen-bond acceptors (Lipinski definition) is 5. The maximum Gasteiger partial charge on any atom is 0.262 e. The smallest absolute Gasteiger partial charge is 0.262 e. The number of anilines is 1. The SMILES string of the molecule is CC(=O)c1ccc(N2CCN(C(=O)C(C(C)C)N3C(=O)c4ccccc4C3=O)CC2)c(F)c1. The summed E-state index contributed by atoms with van der Waals surface area (Å²) < 4.78 is 14.5. The third kappa shape index (κ3) is 4.01. The maximum absolute atomic E-state index is 14.5. The Morgan fingerprint density at radius 2 is 1.48 bits per heavy atom. The van der Waals surface area contributed by atoms with Gasteiger partial charge in [0.15, 0.2) is 5.78 Å². The minimum atomic E-state index is -0.907. The van der Waals surface area contributed by atoms with Crippen molar-refractivity contribution in [2.45, 2.75) is 26.8 Å². The summed E-state index contributed by atoms with van der Waals surface area (Å²) >= 11 is 0. The Morgan fingerprint density at radius 1 is 0.909 bits per heavy atom. The van der Waals surface area contributed by atoms with Gasteiger partial charge in [0, 0.05) is 31.7 Å². The molecule has 172 valence electrons. The monoisotopic (exact) mass is 451 g/mol. The Morgan fingerprint density at radius 3 is 1.97 bits per heavy atom. The third-order valence-electron chi connectivity index (χ3n) is 6.27. The average molecular weight is 451 g/mol. The van der Waals surface area contributed by atoms with E-state index in [-0.39, 0.29) is 17.6 Å². The zero-order valence-electron chi connectivity index (χ0n) is 18.9. The number of hydrogen-bond donors (Lipinski definition) is 0. The van der Waals surface area contributed by atoms with Crippen molar-refractivity contribution in [2.75, 3.05) is 31.1 Å². The number of Topliss-reactive ketones (excluding diaryl/α,β-unsaturated/α-hetero) is 1. The minimum absolute atomic E-state index is 0.205. The quantitative estimate of drug-likeness (QED) is 0.516. The van der Waals surface area contributed by atoms with E-state index in [1.807, 2.05) is 18.7 Å². The molecule has 0 aliphatic carbocycles. The van der Waals surface area contributed by atoms with Gasteiger partial charge in [0.2, 0.25) is 5.91 Å². The number of imide groups is 1. The van der Waals surface area contributed by atoms with E-state index in [1.165, 1.54) is 13.0 Å². The zero-order valence-corrected chi connectivity index (χ0v) is 18.9. The maximum atomic E-state index is 14.5. The molecule has 0 aromatic heterocycles. The van der Waals surface area contributed by atoms with Crippen molar-refractivity contribution in [3.8, 4) is 0 Å². The number of ketones is 1. The van der Waals surface area contributed by atoms with Crippen LogP contribution in [0.5, 0.6) is 0 Å². The molecule has 0 saturated carbocycles. The van der Waals surface area contributed by atoms with Gasteiger partial charge in [0.25, 0.3) is 11.8 Å². The van der Waals surface area contributed by atoms with Crippen molar-refractivity contribution < 1.29 is 23.6 Å². The van der Waals surface area contributed by atoms with Gasteiger partial charge in [-0.2, -0.15) is 0 Å². The Kier molecular flexibility index (Phi) is 6.01. The summed E-state index contributed by atoms with van der Waals surface area (Å²) in [5, 5.41) is 0. The van der Waals surface area contributed by atoms with E-state index in [9.17, 15) is 23.6 Å². The van der Waals surface area contributed by atoms with Gasteiger partial charge < -0.3 is 9.80 Å². The second kappa shape index (κ2) is 8.77. The molecule has 1 atom stereocenters. The van der Waals surface area contributed by atoms with Gasteiger partial charge in [0.1, 0.15) is 11.9 Å². The number of piperazine rings is 1. The molecule has 1 saturated heterocycles. The van der Waals surface area contributed by atoms with Crippen molar-refractivity contribution in [3.63, 3.8) is 0 Å². The molecule has 2 heterocycles. The molecule has 2 aliphatic heterocycles. The van der Waals surface area contributed by atoms with Crippen LogP contribution in [0, 0.1) is 11.7 Å². The lowest BCUT2D eigenvalue weighted by molar-refractivity contribution is -0.137. The average Bonchev–Trinajstić information content (AvgIpc) is 3.04. The minimum Gasteiger partial charge on any atom is -0.366 e. The summed E-state index contributed by atoms with van der Waals surface area (Å²) in [5.74, 6) is -2.14. The lowest BCUT2D eigenvalue weighted by Gasteiger charge is -2.39. The third-order valence-corrected chi connectivity index (χ3v) is 6.27. The molecule has 0 spiro atoms. The van der Waals surface area contributed by atoms with Gasteiger partial charge >= 0.3 is 0 Å². The molecule has 1 fully saturated rings. The van der Waals surface area contributed by atoms with Crippen LogP contribution in [0.15, 0.2) is 42.5 Å². The van der Waals surface area contributed by atoms with Crippen LogP contribution < -0.4 is 4.90 Å². The highest BCUT2D eigenvalue weighted by Gasteiger charge is 2.45. The van der Waals surface area contributed by atoms with Crippen LogP contribution in [0.4, 0.5) is 10.1 Å². The van der Waals surface area contributed by atoms with Gasteiger partial charge in [0.05, 0.1) is 16.8 Å². The number of fused-ring (bicyclic) bond motifs is 1. The van der Waals surface area contributed by atoms with E-state index in [0.29, 0.717) is 48.6 Å². The van der Waals surface area contributed by atoms with Crippen LogP contribution >= 0.6 is 0 Å². The van der Waals surface area contributed by atoms with Crippen molar-refractivity contribution in [1.82, 2.24) is 9.80 Å². The molecule has 8 heteroatoms. The number of amides is 3. The summed E-state index contributed by atoms with van der Waals surface area (Å²) in [5.41, 5.74) is 1.32. The van der Waals surface area contributed by atoms with Crippen molar-refractivity contribution >= 4 is 29.2 Å². The van der Waals surface area contributed by atoms with E-state index < -0.39 is 23.7 Å². The first-order valence-corrected chi connectivity index (χ1v) is 11.0. The summed E-state index contributed by atoms with van der Waals surface area (Å²) in [7, 11) is 0. The molecule has 2 aromatic carbocycles. The van der Waals surface area contributed by atoms with Crippen LogP contribution in [0.25, 0.3) is 0 Å². The van der Waals surface area contributed by atoms with Crippen LogP contribution in [0.2, 0.25) is 0 Å². The summed E-state index contributed by atoms with van der Waals surface area (Å²) in [4.78, 5) is 55.4. The van der Waals surface area contributed by atoms with E-state index in [2.05, 4.69) is 0 Å². The van der Waals surface area contributed by atoms with Crippen molar-refractivity contribution in [2.24, 2.45) is 5.92 Å². The van der Waals surface area contributed by atoms with Crippen LogP contribution in [-0.4, -0.2) is 65.5 Å². The molecule has 3 amide bonds. The predicted molar refractivity (Wildman–Crippen MR) is 121 cm³/mol. The molecular weight excluding hydrogens is 425 g/mol. The summed E-state index contributed by atoms with van der Waals surface area (Å²) in [6.45, 7) is 6.48. The molecule has 2 aliphatic rings. The van der Waals surface area contributed by atoms with Gasteiger partial charge in [-0.05, 0) is 43.2 Å². The van der Waals surface area contributed by atoms with Crippen LogP contribution in [0.1, 0.15) is 51.8 Å². The van der Waals surface area contributed by atoms with Crippen LogP contribution in [-0.2, 0) is 4.79 Å². The van der Waals surface area contributed by atoms with Crippen LogP contribution in [0.3, 0.4) is 0 Å². The predicted octanol–water partition coefficient (Wildman–Crippen LogP) is 3.00. The zero-order chi connectivity index (χ0) is 23.9. The number of benzene rings is 2. The van der Waals surface area contributed by atoms with Gasteiger partial charge in [-0.3, -0.25) is 24.1 Å². The highest BCUT2D eigenvalue weighted by molar-refractivity contribution is 6.22. The number of carbonyl (C=O) groups excluding carboxylic acids is 4. The normalized spacial score (nSPS) is 16.9. The molecule has 4 rings (SSSR count). The Labute approximate surface area is 191 Å². The fourth-order valence-electron chi connectivity index (χ4n) is 4.49. The number of rotatable bonds is 5. The van der Waals surface area contributed by atoms with Crippen molar-refractivity contribution in [1.29, 1.82) is 0 Å². The molecule has 7 nitrogen and oxygen atoms in total. The Hall–Kier alpha value is -3.55. The molecule has 0 bridgehead atoms. The largest absolute Gasteiger partial charge is 0.366 e.